The third-order valence-electron chi connectivity index (χ3n) is 2.44. The molecule has 0 saturated heterocycles. The maximum atomic E-state index is 11.8. The Hall–Kier alpha value is -2.04. The number of nitrogens with zero attached hydrogens (tertiary/aromatic N) is 1. The highest BCUT2D eigenvalue weighted by Gasteiger charge is 2.17. The third-order valence-corrected chi connectivity index (χ3v) is 2.44. The van der Waals surface area contributed by atoms with Crippen LogP contribution in [0.5, 0.6) is 0 Å². The van der Waals surface area contributed by atoms with Crippen molar-refractivity contribution in [1.29, 1.82) is 0 Å². The minimum Gasteiger partial charge on any atom is -0.478 e. The van der Waals surface area contributed by atoms with Crippen LogP contribution in [0.3, 0.4) is 0 Å². The molecule has 0 amide bonds. The summed E-state index contributed by atoms with van der Waals surface area (Å²) >= 11 is 0. The number of aryl methyl sites for hydroxylation is 1. The second kappa shape index (κ2) is 2.98. The molecule has 0 spiro atoms. The summed E-state index contributed by atoms with van der Waals surface area (Å²) in [7, 11) is 1.59. The molecule has 0 aromatic carbocycles. The van der Waals surface area contributed by atoms with Crippen molar-refractivity contribution in [2.45, 2.75) is 6.92 Å². The number of carboxylic acids is 1. The van der Waals surface area contributed by atoms with Gasteiger partial charge in [0.15, 0.2) is 0 Å². The zero-order valence-electron chi connectivity index (χ0n) is 8.27. The summed E-state index contributed by atoms with van der Waals surface area (Å²) in [5.74, 6) is -1.16. The van der Waals surface area contributed by atoms with Crippen LogP contribution in [-0.4, -0.2) is 15.6 Å². The first-order valence-corrected chi connectivity index (χ1v) is 4.33. The van der Waals surface area contributed by atoms with Gasteiger partial charge in [-0.2, -0.15) is 0 Å². The van der Waals surface area contributed by atoms with Crippen LogP contribution >= 0.6 is 0 Å². The van der Waals surface area contributed by atoms with E-state index in [1.54, 1.807) is 20.0 Å². The number of rotatable bonds is 1. The molecule has 0 aliphatic heterocycles. The van der Waals surface area contributed by atoms with Crippen molar-refractivity contribution in [3.63, 3.8) is 0 Å². The van der Waals surface area contributed by atoms with Gasteiger partial charge in [0.1, 0.15) is 22.8 Å². The number of pyridine rings is 1. The standard InChI is InChI=1S/C10H9NO4/c1-5-3-7-8(9(12)11(5)2)6(4-15-7)10(13)14/h3-4H,1-2H3,(H,13,14). The number of aromatic carboxylic acids is 1. The van der Waals surface area contributed by atoms with Crippen molar-refractivity contribution in [1.82, 2.24) is 4.57 Å². The molecule has 0 atom stereocenters. The van der Waals surface area contributed by atoms with E-state index in [1.165, 1.54) is 4.57 Å². The number of aromatic nitrogens is 1. The second-order valence-electron chi connectivity index (χ2n) is 3.34. The van der Waals surface area contributed by atoms with E-state index in [-0.39, 0.29) is 16.5 Å². The lowest BCUT2D eigenvalue weighted by molar-refractivity contribution is 0.0698. The smallest absolute Gasteiger partial charge is 0.339 e. The largest absolute Gasteiger partial charge is 0.478 e. The van der Waals surface area contributed by atoms with Crippen LogP contribution in [0.2, 0.25) is 0 Å². The van der Waals surface area contributed by atoms with Gasteiger partial charge < -0.3 is 14.1 Å². The van der Waals surface area contributed by atoms with E-state index in [0.29, 0.717) is 5.58 Å². The van der Waals surface area contributed by atoms with Gasteiger partial charge in [-0.25, -0.2) is 4.79 Å². The van der Waals surface area contributed by atoms with Gasteiger partial charge in [-0.3, -0.25) is 4.79 Å². The molecule has 1 N–H and O–H groups in total. The van der Waals surface area contributed by atoms with Gasteiger partial charge in [-0.05, 0) is 6.92 Å². The average molecular weight is 207 g/mol. The Morgan fingerprint density at radius 3 is 2.80 bits per heavy atom. The van der Waals surface area contributed by atoms with Crippen molar-refractivity contribution in [3.8, 4) is 0 Å². The van der Waals surface area contributed by atoms with Gasteiger partial charge in [0.2, 0.25) is 0 Å². The Labute approximate surface area is 84.5 Å². The van der Waals surface area contributed by atoms with Gasteiger partial charge in [-0.1, -0.05) is 0 Å². The topological polar surface area (TPSA) is 72.4 Å². The minimum absolute atomic E-state index is 0.0920. The third kappa shape index (κ3) is 1.24. The van der Waals surface area contributed by atoms with Crippen LogP contribution in [0, 0.1) is 6.92 Å². The number of hydrogen-bond acceptors (Lipinski definition) is 3. The highest BCUT2D eigenvalue weighted by molar-refractivity contribution is 6.01. The number of furan rings is 1. The summed E-state index contributed by atoms with van der Waals surface area (Å²) in [6, 6.07) is 1.64. The number of hydrogen-bond donors (Lipinski definition) is 1. The van der Waals surface area contributed by atoms with Crippen LogP contribution < -0.4 is 5.56 Å². The van der Waals surface area contributed by atoms with E-state index >= 15 is 0 Å². The number of carboxylic acid groups (broad SMARTS) is 1. The van der Waals surface area contributed by atoms with Crippen LogP contribution in [0.1, 0.15) is 16.1 Å². The second-order valence-corrected chi connectivity index (χ2v) is 3.34. The van der Waals surface area contributed by atoms with Gasteiger partial charge in [0, 0.05) is 18.8 Å². The molecule has 5 nitrogen and oxygen atoms in total. The summed E-state index contributed by atoms with van der Waals surface area (Å²) < 4.78 is 6.43. The fraction of sp³-hybridized carbons (Fsp3) is 0.200. The summed E-state index contributed by atoms with van der Waals surface area (Å²) in [5.41, 5.74) is 0.591. The molecule has 2 aromatic heterocycles. The molecule has 78 valence electrons. The highest BCUT2D eigenvalue weighted by atomic mass is 16.4. The lowest BCUT2D eigenvalue weighted by Crippen LogP contribution is -2.19. The summed E-state index contributed by atoms with van der Waals surface area (Å²) in [4.78, 5) is 22.6. The van der Waals surface area contributed by atoms with Crippen molar-refractivity contribution < 1.29 is 14.3 Å². The van der Waals surface area contributed by atoms with E-state index in [4.69, 9.17) is 9.52 Å². The van der Waals surface area contributed by atoms with E-state index in [2.05, 4.69) is 0 Å². The molecular formula is C10H9NO4. The first-order valence-electron chi connectivity index (χ1n) is 4.33. The normalized spacial score (nSPS) is 10.8. The van der Waals surface area contributed by atoms with Crippen LogP contribution in [-0.2, 0) is 7.05 Å². The molecule has 0 radical (unpaired) electrons. The zero-order chi connectivity index (χ0) is 11.2. The molecule has 0 aliphatic carbocycles. The van der Waals surface area contributed by atoms with Crippen LogP contribution in [0.25, 0.3) is 11.0 Å². The fourth-order valence-corrected chi connectivity index (χ4v) is 1.47. The fourth-order valence-electron chi connectivity index (χ4n) is 1.47. The average Bonchev–Trinajstić information content (AvgIpc) is 2.58. The molecule has 0 bridgehead atoms. The predicted molar refractivity (Wildman–Crippen MR) is 53.2 cm³/mol. The SMILES string of the molecule is Cc1cc2occ(C(=O)O)c2c(=O)n1C. The molecule has 0 fully saturated rings. The van der Waals surface area contributed by atoms with Gasteiger partial charge in [0.05, 0.1) is 0 Å². The summed E-state index contributed by atoms with van der Waals surface area (Å²) in [6.07, 6.45) is 1.09. The Balaban J connectivity index is 2.98. The first-order chi connectivity index (χ1) is 7.02. The van der Waals surface area contributed by atoms with Crippen molar-refractivity contribution >= 4 is 16.9 Å². The van der Waals surface area contributed by atoms with Gasteiger partial charge in [-0.15, -0.1) is 0 Å². The zero-order valence-corrected chi connectivity index (χ0v) is 8.27. The monoisotopic (exact) mass is 207 g/mol. The summed E-state index contributed by atoms with van der Waals surface area (Å²) in [5, 5.41) is 8.97. The van der Waals surface area contributed by atoms with E-state index in [1.807, 2.05) is 0 Å². The Morgan fingerprint density at radius 1 is 1.53 bits per heavy atom. The molecule has 2 heterocycles. The van der Waals surface area contributed by atoms with Crippen molar-refractivity contribution in [2.24, 2.45) is 7.05 Å². The molecule has 0 unspecified atom stereocenters. The maximum absolute atomic E-state index is 11.8. The first kappa shape index (κ1) is 9.51. The van der Waals surface area contributed by atoms with E-state index < -0.39 is 5.97 Å². The molecule has 0 saturated carbocycles. The number of carbonyl (C=O) groups is 1. The van der Waals surface area contributed by atoms with Gasteiger partial charge >= 0.3 is 5.97 Å². The lowest BCUT2D eigenvalue weighted by atomic mass is 10.2. The molecule has 2 aromatic rings. The Bertz CT molecular complexity index is 606. The van der Waals surface area contributed by atoms with Crippen molar-refractivity contribution in [2.75, 3.05) is 0 Å². The van der Waals surface area contributed by atoms with E-state index in [0.717, 1.165) is 12.0 Å². The molecule has 0 aliphatic rings. The quantitative estimate of drug-likeness (QED) is 0.760. The Morgan fingerprint density at radius 2 is 2.20 bits per heavy atom. The summed E-state index contributed by atoms with van der Waals surface area (Å²) in [6.45, 7) is 1.75. The lowest BCUT2D eigenvalue weighted by Gasteiger charge is -2.01. The Kier molecular flexibility index (Phi) is 1.89. The molecule has 2 rings (SSSR count). The predicted octanol–water partition coefficient (Wildman–Crippen LogP) is 1.14. The number of fused-ring (bicyclic) bond motifs is 1. The minimum atomic E-state index is -1.16. The van der Waals surface area contributed by atoms with Gasteiger partial charge in [0.25, 0.3) is 5.56 Å². The maximum Gasteiger partial charge on any atom is 0.339 e. The van der Waals surface area contributed by atoms with Crippen LogP contribution in [0.15, 0.2) is 21.5 Å². The molecule has 15 heavy (non-hydrogen) atoms. The molecule has 5 heteroatoms. The van der Waals surface area contributed by atoms with Crippen LogP contribution in [0.4, 0.5) is 0 Å². The molecular weight excluding hydrogens is 198 g/mol. The van der Waals surface area contributed by atoms with Crippen molar-refractivity contribution in [3.05, 3.63) is 33.9 Å². The highest BCUT2D eigenvalue weighted by Crippen LogP contribution is 2.18. The van der Waals surface area contributed by atoms with E-state index in [9.17, 15) is 9.59 Å².